The maximum atomic E-state index is 13.1. The van der Waals surface area contributed by atoms with Crippen molar-refractivity contribution >= 4 is 17.5 Å². The SMILES string of the molecule is CN(C)CCN(C)c1ccc2c(c1)CNCC(=O)N1CC[C@@H](CC(=O)NCCc3cccc(O)c3)[C@@H](CCCO2)C1. The molecule has 224 valence electrons. The number of phenolic OH excluding ortho intramolecular Hbond substituents is 1. The van der Waals surface area contributed by atoms with Gasteiger partial charge in [-0.2, -0.15) is 0 Å². The summed E-state index contributed by atoms with van der Waals surface area (Å²) in [5.74, 6) is 1.77. The minimum atomic E-state index is 0.0519. The number of hydrogen-bond acceptors (Lipinski definition) is 7. The van der Waals surface area contributed by atoms with E-state index in [9.17, 15) is 14.7 Å². The highest BCUT2D eigenvalue weighted by molar-refractivity contribution is 5.79. The van der Waals surface area contributed by atoms with Crippen LogP contribution in [0, 0.1) is 11.8 Å². The van der Waals surface area contributed by atoms with Crippen LogP contribution < -0.4 is 20.3 Å². The second-order valence-corrected chi connectivity index (χ2v) is 11.7. The Hall–Kier alpha value is -3.30. The topological polar surface area (TPSA) is 97.4 Å². The maximum Gasteiger partial charge on any atom is 0.236 e. The number of aromatic hydroxyl groups is 1. The van der Waals surface area contributed by atoms with Crippen LogP contribution in [0.15, 0.2) is 42.5 Å². The highest BCUT2D eigenvalue weighted by Gasteiger charge is 2.32. The zero-order valence-corrected chi connectivity index (χ0v) is 24.9. The zero-order chi connectivity index (χ0) is 29.2. The van der Waals surface area contributed by atoms with Gasteiger partial charge in [0, 0.05) is 64.0 Å². The number of ether oxygens (including phenoxy) is 1. The minimum Gasteiger partial charge on any atom is -0.508 e. The second kappa shape index (κ2) is 15.1. The van der Waals surface area contributed by atoms with Gasteiger partial charge < -0.3 is 35.2 Å². The molecule has 2 aromatic rings. The van der Waals surface area contributed by atoms with Crippen molar-refractivity contribution in [3.63, 3.8) is 0 Å². The molecule has 0 spiro atoms. The van der Waals surface area contributed by atoms with E-state index in [1.54, 1.807) is 12.1 Å². The van der Waals surface area contributed by atoms with Crippen LogP contribution in [-0.2, 0) is 22.6 Å². The first kappa shape index (κ1) is 30.7. The normalized spacial score (nSPS) is 19.8. The van der Waals surface area contributed by atoms with Crippen molar-refractivity contribution in [2.45, 2.75) is 38.6 Å². The Balaban J connectivity index is 1.34. The number of hydrogen-bond donors (Lipinski definition) is 3. The predicted octanol–water partition coefficient (Wildman–Crippen LogP) is 2.87. The first-order chi connectivity index (χ1) is 19.8. The van der Waals surface area contributed by atoms with Crippen molar-refractivity contribution in [1.82, 2.24) is 20.4 Å². The van der Waals surface area contributed by atoms with Gasteiger partial charge in [-0.15, -0.1) is 0 Å². The Kier molecular flexibility index (Phi) is 11.3. The number of nitrogens with zero attached hydrogens (tertiary/aromatic N) is 3. The number of phenols is 1. The summed E-state index contributed by atoms with van der Waals surface area (Å²) in [6.45, 7) is 5.27. The highest BCUT2D eigenvalue weighted by Crippen LogP contribution is 2.31. The van der Waals surface area contributed by atoms with Crippen LogP contribution in [0.25, 0.3) is 0 Å². The first-order valence-corrected chi connectivity index (χ1v) is 14.9. The van der Waals surface area contributed by atoms with E-state index in [4.69, 9.17) is 4.74 Å². The molecule has 2 bridgehead atoms. The number of carbonyl (C=O) groups is 2. The molecule has 9 heteroatoms. The molecule has 0 unspecified atom stereocenters. The van der Waals surface area contributed by atoms with Crippen molar-refractivity contribution in [3.8, 4) is 11.5 Å². The first-order valence-electron chi connectivity index (χ1n) is 14.9. The van der Waals surface area contributed by atoms with Crippen LogP contribution >= 0.6 is 0 Å². The number of fused-ring (bicyclic) bond motifs is 3. The van der Waals surface area contributed by atoms with E-state index in [0.29, 0.717) is 45.6 Å². The van der Waals surface area contributed by atoms with Gasteiger partial charge in [0.25, 0.3) is 0 Å². The summed E-state index contributed by atoms with van der Waals surface area (Å²) in [6, 6.07) is 13.4. The van der Waals surface area contributed by atoms with Crippen LogP contribution in [0.4, 0.5) is 5.69 Å². The van der Waals surface area contributed by atoms with Gasteiger partial charge in [0.05, 0.1) is 13.2 Å². The number of benzene rings is 2. The molecule has 41 heavy (non-hydrogen) atoms. The lowest BCUT2D eigenvalue weighted by Gasteiger charge is -2.38. The Morgan fingerprint density at radius 1 is 1.12 bits per heavy atom. The smallest absolute Gasteiger partial charge is 0.236 e. The Morgan fingerprint density at radius 3 is 2.78 bits per heavy atom. The Bertz CT molecular complexity index is 1160. The van der Waals surface area contributed by atoms with Gasteiger partial charge >= 0.3 is 0 Å². The summed E-state index contributed by atoms with van der Waals surface area (Å²) >= 11 is 0. The fourth-order valence-electron chi connectivity index (χ4n) is 5.78. The fourth-order valence-corrected chi connectivity index (χ4v) is 5.78. The van der Waals surface area contributed by atoms with Gasteiger partial charge in [-0.25, -0.2) is 0 Å². The molecule has 2 aliphatic rings. The molecule has 1 fully saturated rings. The van der Waals surface area contributed by atoms with E-state index in [1.807, 2.05) is 23.1 Å². The predicted molar refractivity (Wildman–Crippen MR) is 162 cm³/mol. The summed E-state index contributed by atoms with van der Waals surface area (Å²) in [7, 11) is 6.25. The van der Waals surface area contributed by atoms with Gasteiger partial charge in [-0.3, -0.25) is 9.59 Å². The quantitative estimate of drug-likeness (QED) is 0.430. The van der Waals surface area contributed by atoms with E-state index in [-0.39, 0.29) is 35.9 Å². The van der Waals surface area contributed by atoms with E-state index in [0.717, 1.165) is 54.9 Å². The highest BCUT2D eigenvalue weighted by atomic mass is 16.5. The molecule has 1 saturated heterocycles. The lowest BCUT2D eigenvalue weighted by molar-refractivity contribution is -0.133. The molecule has 2 aliphatic heterocycles. The number of likely N-dealkylation sites (N-methyl/N-ethyl adjacent to an activating group) is 2. The van der Waals surface area contributed by atoms with E-state index in [1.165, 1.54) is 0 Å². The molecule has 2 aromatic carbocycles. The van der Waals surface area contributed by atoms with Crippen LogP contribution in [0.5, 0.6) is 11.5 Å². The maximum absolute atomic E-state index is 13.1. The largest absolute Gasteiger partial charge is 0.508 e. The summed E-state index contributed by atoms with van der Waals surface area (Å²) in [4.78, 5) is 32.3. The summed E-state index contributed by atoms with van der Waals surface area (Å²) in [5.41, 5.74) is 3.19. The third kappa shape index (κ3) is 9.36. The third-order valence-corrected chi connectivity index (χ3v) is 8.27. The van der Waals surface area contributed by atoms with Gasteiger partial charge in [0.1, 0.15) is 11.5 Å². The molecule has 4 rings (SSSR count). The molecule has 0 radical (unpaired) electrons. The standard InChI is InChI=1S/C32H47N5O4/c1-35(2)15-16-36(3)28-9-10-30-27(19-28)21-33-22-32(40)37-14-12-25(26(23-37)7-5-17-41-30)20-31(39)34-13-11-24-6-4-8-29(38)18-24/h4,6,8-10,18-19,25-26,33,38H,5,7,11-17,20-23H2,1-3H3,(H,34,39)/t25-,26-/m0/s1. The minimum absolute atomic E-state index is 0.0519. The fraction of sp³-hybridized carbons (Fsp3) is 0.562. The summed E-state index contributed by atoms with van der Waals surface area (Å²) < 4.78 is 6.26. The number of piperidine rings is 1. The molecule has 0 aliphatic carbocycles. The number of rotatable bonds is 9. The monoisotopic (exact) mass is 565 g/mol. The van der Waals surface area contributed by atoms with E-state index >= 15 is 0 Å². The lowest BCUT2D eigenvalue weighted by Crippen LogP contribution is -2.47. The molecule has 9 nitrogen and oxygen atoms in total. The van der Waals surface area contributed by atoms with Crippen molar-refractivity contribution in [3.05, 3.63) is 53.6 Å². The van der Waals surface area contributed by atoms with Crippen LogP contribution in [-0.4, -0.2) is 93.7 Å². The van der Waals surface area contributed by atoms with Crippen molar-refractivity contribution < 1.29 is 19.4 Å². The number of amides is 2. The summed E-state index contributed by atoms with van der Waals surface area (Å²) in [6.07, 6.45) is 3.77. The average molecular weight is 566 g/mol. The van der Waals surface area contributed by atoms with Crippen molar-refractivity contribution in [1.29, 1.82) is 0 Å². The molecule has 3 N–H and O–H groups in total. The Morgan fingerprint density at radius 2 is 1.98 bits per heavy atom. The zero-order valence-electron chi connectivity index (χ0n) is 24.9. The number of carbonyl (C=O) groups excluding carboxylic acids is 2. The summed E-state index contributed by atoms with van der Waals surface area (Å²) in [5, 5.41) is 16.1. The lowest BCUT2D eigenvalue weighted by atomic mass is 9.80. The third-order valence-electron chi connectivity index (χ3n) is 8.27. The van der Waals surface area contributed by atoms with E-state index < -0.39 is 0 Å². The average Bonchev–Trinajstić information content (AvgIpc) is 2.95. The molecular formula is C32H47N5O4. The van der Waals surface area contributed by atoms with Crippen LogP contribution in [0.1, 0.15) is 36.8 Å². The molecule has 0 aromatic heterocycles. The van der Waals surface area contributed by atoms with Crippen LogP contribution in [0.3, 0.4) is 0 Å². The van der Waals surface area contributed by atoms with Gasteiger partial charge in [-0.05, 0) is 87.5 Å². The molecule has 2 amide bonds. The second-order valence-electron chi connectivity index (χ2n) is 11.7. The van der Waals surface area contributed by atoms with Gasteiger partial charge in [-0.1, -0.05) is 12.1 Å². The van der Waals surface area contributed by atoms with Gasteiger partial charge in [0.2, 0.25) is 11.8 Å². The molecule has 2 atom stereocenters. The van der Waals surface area contributed by atoms with Crippen molar-refractivity contribution in [2.75, 3.05) is 71.9 Å². The molecule has 2 heterocycles. The molecular weight excluding hydrogens is 518 g/mol. The van der Waals surface area contributed by atoms with Gasteiger partial charge in [0.15, 0.2) is 0 Å². The van der Waals surface area contributed by atoms with Crippen molar-refractivity contribution in [2.24, 2.45) is 11.8 Å². The number of anilines is 1. The number of nitrogens with one attached hydrogen (secondary N) is 2. The van der Waals surface area contributed by atoms with E-state index in [2.05, 4.69) is 53.7 Å². The molecule has 0 saturated carbocycles. The Labute approximate surface area is 244 Å². The van der Waals surface area contributed by atoms with Crippen LogP contribution in [0.2, 0.25) is 0 Å².